The molecule has 0 bridgehead atoms. The summed E-state index contributed by atoms with van der Waals surface area (Å²) in [5.41, 5.74) is 5.69. The van der Waals surface area contributed by atoms with E-state index in [9.17, 15) is 0 Å². The van der Waals surface area contributed by atoms with Crippen LogP contribution in [-0.2, 0) is 10.4 Å². The zero-order valence-electron chi connectivity index (χ0n) is 17.2. The third-order valence-electron chi connectivity index (χ3n) is 3.56. The van der Waals surface area contributed by atoms with E-state index in [4.69, 9.17) is 28.3 Å². The van der Waals surface area contributed by atoms with Crippen LogP contribution in [0.3, 0.4) is 0 Å². The minimum Gasteiger partial charge on any atom is -0.759 e. The van der Waals surface area contributed by atoms with Gasteiger partial charge in [0.25, 0.3) is 0 Å². The Hall–Kier alpha value is -3.25. The quantitative estimate of drug-likeness (QED) is 0.406. The van der Waals surface area contributed by atoms with E-state index >= 15 is 0 Å². The lowest BCUT2D eigenvalue weighted by molar-refractivity contribution is 0.352. The highest BCUT2D eigenvalue weighted by Crippen LogP contribution is 2.24. The van der Waals surface area contributed by atoms with Crippen LogP contribution >= 0.6 is 0 Å². The summed E-state index contributed by atoms with van der Waals surface area (Å²) >= 11 is 0. The zero-order valence-corrected chi connectivity index (χ0v) is 18.0. The van der Waals surface area contributed by atoms with Gasteiger partial charge in [-0.05, 0) is 37.1 Å². The van der Waals surface area contributed by atoms with Gasteiger partial charge in [0.05, 0.1) is 0 Å². The molecule has 29 heavy (non-hydrogen) atoms. The highest BCUT2D eigenvalue weighted by atomic mass is 32.3. The summed E-state index contributed by atoms with van der Waals surface area (Å²) in [5, 5.41) is 17.0. The molecule has 0 spiro atoms. The van der Waals surface area contributed by atoms with Crippen molar-refractivity contribution in [1.82, 2.24) is 0 Å². The van der Waals surface area contributed by atoms with Crippen LogP contribution in [0.4, 0.5) is 22.7 Å². The molecule has 0 amide bonds. The number of aryl methyl sites for hydroxylation is 2. The summed E-state index contributed by atoms with van der Waals surface area (Å²) in [6.45, 7) is 3.98. The molecule has 2 rings (SSSR count). The van der Waals surface area contributed by atoms with Gasteiger partial charge in [0, 0.05) is 74.2 Å². The lowest BCUT2D eigenvalue weighted by Crippen LogP contribution is -2.09. The van der Waals surface area contributed by atoms with Gasteiger partial charge in [-0.15, -0.1) is 0 Å². The number of nitrogens with zero attached hydrogens (tertiary/aromatic N) is 6. The summed E-state index contributed by atoms with van der Waals surface area (Å²) in [6, 6.07) is 11.1. The Morgan fingerprint density at radius 2 is 1.03 bits per heavy atom. The summed E-state index contributed by atoms with van der Waals surface area (Å²) in [5.74, 6) is 0. The van der Waals surface area contributed by atoms with Gasteiger partial charge in [-0.25, -0.2) is 0 Å². The molecule has 0 saturated heterocycles. The molecule has 0 aliphatic heterocycles. The average molecular weight is 420 g/mol. The highest BCUT2D eigenvalue weighted by molar-refractivity contribution is 7.79. The van der Waals surface area contributed by atoms with Crippen molar-refractivity contribution in [2.75, 3.05) is 38.0 Å². The molecule has 10 nitrogen and oxygen atoms in total. The largest absolute Gasteiger partial charge is 0.759 e. The summed E-state index contributed by atoms with van der Waals surface area (Å²) in [6.07, 6.45) is 0. The number of hydrogen-bond donors (Lipinski definition) is 0. The predicted molar refractivity (Wildman–Crippen MR) is 111 cm³/mol. The maximum atomic E-state index is 8.52. The number of benzene rings is 2. The molecule has 2 aromatic rings. The number of rotatable bonds is 2. The third kappa shape index (κ3) is 10.6. The van der Waals surface area contributed by atoms with Gasteiger partial charge in [-0.1, -0.05) is 0 Å². The Balaban J connectivity index is 0.000000442. The fourth-order valence-electron chi connectivity index (χ4n) is 2.41. The Bertz CT molecular complexity index is 932. The molecule has 0 aromatic heterocycles. The maximum absolute atomic E-state index is 8.52. The van der Waals surface area contributed by atoms with Gasteiger partial charge >= 0.3 is 11.4 Å². The second kappa shape index (κ2) is 11.6. The van der Waals surface area contributed by atoms with Crippen molar-refractivity contribution in [2.45, 2.75) is 13.8 Å². The van der Waals surface area contributed by atoms with Crippen molar-refractivity contribution in [3.63, 3.8) is 0 Å². The molecule has 0 fully saturated rings. The molecule has 0 radical (unpaired) electrons. The third-order valence-corrected chi connectivity index (χ3v) is 3.56. The molecule has 0 heterocycles. The fraction of sp³-hybridized carbons (Fsp3) is 0.333. The number of anilines is 2. The molecule has 0 saturated carbocycles. The summed E-state index contributed by atoms with van der Waals surface area (Å²) < 4.78 is 34.1. The van der Waals surface area contributed by atoms with Crippen LogP contribution in [0.15, 0.2) is 36.4 Å². The van der Waals surface area contributed by atoms with E-state index in [0.717, 1.165) is 22.5 Å². The summed E-state index contributed by atoms with van der Waals surface area (Å²) in [7, 11) is 2.77. The van der Waals surface area contributed by atoms with Crippen LogP contribution in [0.2, 0.25) is 0 Å². The molecule has 0 unspecified atom stereocenters. The average Bonchev–Trinajstić information content (AvgIpc) is 2.59. The van der Waals surface area contributed by atoms with Crippen LogP contribution in [0.25, 0.3) is 9.95 Å². The van der Waals surface area contributed by atoms with Gasteiger partial charge in [-0.3, -0.25) is 8.42 Å². The topological polar surface area (TPSA) is 143 Å². The van der Waals surface area contributed by atoms with Crippen LogP contribution in [0.1, 0.15) is 11.1 Å². The molecule has 0 atom stereocenters. The second-order valence-corrected chi connectivity index (χ2v) is 7.16. The Kier molecular flexibility index (Phi) is 10.3. The van der Waals surface area contributed by atoms with Crippen LogP contribution in [-0.4, -0.2) is 45.7 Å². The first kappa shape index (κ1) is 25.8. The van der Waals surface area contributed by atoms with Gasteiger partial charge in [0.15, 0.2) is 9.95 Å². The Labute approximate surface area is 171 Å². The van der Waals surface area contributed by atoms with Crippen molar-refractivity contribution in [3.8, 4) is 0 Å². The van der Waals surface area contributed by atoms with Crippen LogP contribution in [0.5, 0.6) is 0 Å². The number of diazo groups is 2. The monoisotopic (exact) mass is 420 g/mol. The molecule has 11 heteroatoms. The second-order valence-electron chi connectivity index (χ2n) is 6.34. The van der Waals surface area contributed by atoms with Gasteiger partial charge in [0.1, 0.15) is 0 Å². The molecule has 156 valence electrons. The maximum Gasteiger partial charge on any atom is 0.385 e. The van der Waals surface area contributed by atoms with E-state index < -0.39 is 10.4 Å². The van der Waals surface area contributed by atoms with Gasteiger partial charge in [-0.2, -0.15) is 0 Å². The minimum atomic E-state index is -5.17. The van der Waals surface area contributed by atoms with E-state index in [-0.39, 0.29) is 0 Å². The van der Waals surface area contributed by atoms with E-state index in [2.05, 4.69) is 9.95 Å². The first-order valence-electron chi connectivity index (χ1n) is 8.23. The van der Waals surface area contributed by atoms with Crippen molar-refractivity contribution >= 4 is 33.1 Å². The standard InChI is InChI=1S/2C9H12N3.H2O4S/c2*1-7-6-8(11-10)4-5-9(7)12(2)3;1-5(2,3)4/h2*4-6H,1-3H3;(H2,1,2,3,4)/q2*+1;/p-2. The van der Waals surface area contributed by atoms with E-state index in [1.54, 1.807) is 12.1 Å². The fourth-order valence-corrected chi connectivity index (χ4v) is 2.41. The normalized spacial score (nSPS) is 9.59. The zero-order chi connectivity index (χ0) is 22.8. The first-order valence-corrected chi connectivity index (χ1v) is 9.56. The van der Waals surface area contributed by atoms with Crippen molar-refractivity contribution < 1.29 is 17.5 Å². The lowest BCUT2D eigenvalue weighted by Gasteiger charge is -2.13. The molecular weight excluding hydrogens is 396 g/mol. The van der Waals surface area contributed by atoms with Crippen molar-refractivity contribution in [3.05, 3.63) is 57.5 Å². The summed E-state index contributed by atoms with van der Waals surface area (Å²) in [4.78, 5) is 10.3. The van der Waals surface area contributed by atoms with Crippen LogP contribution in [0, 0.1) is 24.6 Å². The van der Waals surface area contributed by atoms with Crippen molar-refractivity contribution in [1.29, 1.82) is 10.8 Å². The van der Waals surface area contributed by atoms with Gasteiger partial charge in [0.2, 0.25) is 10.8 Å². The molecule has 0 aliphatic rings. The highest BCUT2D eigenvalue weighted by Gasteiger charge is 2.08. The molecule has 2 aromatic carbocycles. The minimum absolute atomic E-state index is 0.595. The first-order chi connectivity index (χ1) is 13.3. The van der Waals surface area contributed by atoms with E-state index in [1.165, 1.54) is 0 Å². The Morgan fingerprint density at radius 1 is 0.759 bits per heavy atom. The molecule has 0 aliphatic carbocycles. The SMILES string of the molecule is Cc1cc([N+]#N)ccc1N(C)C.Cc1cc([N+]#N)ccc1N(C)C.O=S(=O)([O-])[O-]. The van der Waals surface area contributed by atoms with E-state index in [1.807, 2.05) is 76.1 Å². The lowest BCUT2D eigenvalue weighted by atomic mass is 10.1. The Morgan fingerprint density at radius 3 is 1.21 bits per heavy atom. The molecular formula is C18H24N6O4S. The predicted octanol–water partition coefficient (Wildman–Crippen LogP) is 3.75. The number of hydrogen-bond acceptors (Lipinski definition) is 8. The molecule has 0 N–H and O–H groups in total. The van der Waals surface area contributed by atoms with E-state index in [0.29, 0.717) is 11.4 Å². The van der Waals surface area contributed by atoms with Crippen molar-refractivity contribution in [2.24, 2.45) is 0 Å². The van der Waals surface area contributed by atoms with Gasteiger partial charge < -0.3 is 18.9 Å². The van der Waals surface area contributed by atoms with Crippen LogP contribution < -0.4 is 9.80 Å². The smallest absolute Gasteiger partial charge is 0.385 e.